The van der Waals surface area contributed by atoms with Crippen LogP contribution in [0.2, 0.25) is 0 Å². The molecule has 8 nitrogen and oxygen atoms in total. The van der Waals surface area contributed by atoms with Crippen LogP contribution in [-0.2, 0) is 11.3 Å². The second kappa shape index (κ2) is 7.32. The molecule has 8 heteroatoms. The summed E-state index contributed by atoms with van der Waals surface area (Å²) in [6.45, 7) is 3.30. The van der Waals surface area contributed by atoms with E-state index in [-0.39, 0.29) is 5.69 Å². The molecule has 0 spiro atoms. The van der Waals surface area contributed by atoms with Gasteiger partial charge in [-0.15, -0.1) is 5.10 Å². The lowest BCUT2D eigenvalue weighted by Gasteiger charge is -2.27. The lowest BCUT2D eigenvalue weighted by Crippen LogP contribution is -2.35. The van der Waals surface area contributed by atoms with Gasteiger partial charge in [0, 0.05) is 19.7 Å². The van der Waals surface area contributed by atoms with Gasteiger partial charge < -0.3 is 9.64 Å². The summed E-state index contributed by atoms with van der Waals surface area (Å²) in [6, 6.07) is 0. The quantitative estimate of drug-likeness (QED) is 0.410. The second-order valence-electron chi connectivity index (χ2n) is 5.09. The number of carbonyl (C=O) groups is 1. The van der Waals surface area contributed by atoms with Crippen molar-refractivity contribution in [2.24, 2.45) is 5.84 Å². The standard InChI is InChI=1S/C12H22N6O2/c1-17(8-10-4-2-3-7-20-10)5-6-18-9-11(15-16-18)12(19)14-13/h9-10H,2-8,13H2,1H3,(H,14,19). The van der Waals surface area contributed by atoms with Crippen LogP contribution < -0.4 is 11.3 Å². The van der Waals surface area contributed by atoms with Gasteiger partial charge in [0.05, 0.1) is 18.8 Å². The molecule has 1 amide bonds. The van der Waals surface area contributed by atoms with Crippen molar-refractivity contribution in [3.63, 3.8) is 0 Å². The van der Waals surface area contributed by atoms with Crippen LogP contribution in [0.1, 0.15) is 29.8 Å². The van der Waals surface area contributed by atoms with Gasteiger partial charge in [-0.1, -0.05) is 5.21 Å². The highest BCUT2D eigenvalue weighted by Crippen LogP contribution is 2.13. The molecule has 1 aliphatic rings. The average molecular weight is 282 g/mol. The van der Waals surface area contributed by atoms with Crippen LogP contribution in [0, 0.1) is 0 Å². The first kappa shape index (κ1) is 14.9. The highest BCUT2D eigenvalue weighted by Gasteiger charge is 2.16. The van der Waals surface area contributed by atoms with Crippen molar-refractivity contribution in [2.75, 3.05) is 26.7 Å². The first-order valence-electron chi connectivity index (χ1n) is 6.90. The van der Waals surface area contributed by atoms with Gasteiger partial charge in [-0.25, -0.2) is 5.84 Å². The van der Waals surface area contributed by atoms with Crippen LogP contribution in [0.4, 0.5) is 0 Å². The van der Waals surface area contributed by atoms with Crippen molar-refractivity contribution in [3.05, 3.63) is 11.9 Å². The zero-order valence-electron chi connectivity index (χ0n) is 11.8. The van der Waals surface area contributed by atoms with E-state index in [0.29, 0.717) is 12.6 Å². The number of ether oxygens (including phenoxy) is 1. The predicted molar refractivity (Wildman–Crippen MR) is 72.8 cm³/mol. The zero-order valence-corrected chi connectivity index (χ0v) is 11.8. The molecule has 0 bridgehead atoms. The van der Waals surface area contributed by atoms with Gasteiger partial charge in [0.2, 0.25) is 0 Å². The van der Waals surface area contributed by atoms with Gasteiger partial charge in [0.15, 0.2) is 5.69 Å². The first-order valence-corrected chi connectivity index (χ1v) is 6.90. The molecule has 3 N–H and O–H groups in total. The summed E-state index contributed by atoms with van der Waals surface area (Å²) in [5.41, 5.74) is 2.26. The van der Waals surface area contributed by atoms with E-state index in [9.17, 15) is 4.79 Å². The lowest BCUT2D eigenvalue weighted by molar-refractivity contribution is -0.00194. The van der Waals surface area contributed by atoms with Crippen LogP contribution in [0.15, 0.2) is 6.20 Å². The number of likely N-dealkylation sites (N-methyl/N-ethyl adjacent to an activating group) is 1. The predicted octanol–water partition coefficient (Wildman–Crippen LogP) is -0.617. The summed E-state index contributed by atoms with van der Waals surface area (Å²) in [7, 11) is 2.06. The normalized spacial score (nSPS) is 19.2. The molecule has 1 aliphatic heterocycles. The summed E-state index contributed by atoms with van der Waals surface area (Å²) < 4.78 is 7.35. The van der Waals surface area contributed by atoms with Crippen molar-refractivity contribution in [2.45, 2.75) is 31.9 Å². The molecule has 112 valence electrons. The highest BCUT2D eigenvalue weighted by molar-refractivity contribution is 5.91. The number of nitrogens with zero attached hydrogens (tertiary/aromatic N) is 4. The molecule has 0 saturated carbocycles. The molecule has 1 atom stereocenters. The van der Waals surface area contributed by atoms with E-state index in [1.54, 1.807) is 10.9 Å². The molecule has 1 aromatic heterocycles. The van der Waals surface area contributed by atoms with Crippen LogP contribution in [-0.4, -0.2) is 58.6 Å². The van der Waals surface area contributed by atoms with E-state index in [0.717, 1.165) is 26.1 Å². The third-order valence-electron chi connectivity index (χ3n) is 3.40. The Balaban J connectivity index is 1.73. The van der Waals surface area contributed by atoms with Crippen molar-refractivity contribution in [1.82, 2.24) is 25.3 Å². The second-order valence-corrected chi connectivity index (χ2v) is 5.09. The third-order valence-corrected chi connectivity index (χ3v) is 3.40. The number of amides is 1. The van der Waals surface area contributed by atoms with Crippen LogP contribution >= 0.6 is 0 Å². The minimum atomic E-state index is -0.430. The molecular formula is C12H22N6O2. The van der Waals surface area contributed by atoms with Crippen molar-refractivity contribution in [1.29, 1.82) is 0 Å². The molecule has 2 rings (SSSR count). The van der Waals surface area contributed by atoms with E-state index >= 15 is 0 Å². The van der Waals surface area contributed by atoms with Crippen molar-refractivity contribution in [3.8, 4) is 0 Å². The molecular weight excluding hydrogens is 260 g/mol. The maximum absolute atomic E-state index is 11.2. The summed E-state index contributed by atoms with van der Waals surface area (Å²) in [6.07, 6.45) is 5.48. The largest absolute Gasteiger partial charge is 0.377 e. The van der Waals surface area contributed by atoms with E-state index in [4.69, 9.17) is 10.6 Å². The summed E-state index contributed by atoms with van der Waals surface area (Å²) in [4.78, 5) is 13.5. The highest BCUT2D eigenvalue weighted by atomic mass is 16.5. The van der Waals surface area contributed by atoms with Gasteiger partial charge in [-0.3, -0.25) is 14.9 Å². The number of hydrazine groups is 1. The fraction of sp³-hybridized carbons (Fsp3) is 0.750. The minimum Gasteiger partial charge on any atom is -0.377 e. The molecule has 1 fully saturated rings. The monoisotopic (exact) mass is 282 g/mol. The van der Waals surface area contributed by atoms with Crippen LogP contribution in [0.3, 0.4) is 0 Å². The Morgan fingerprint density at radius 1 is 1.65 bits per heavy atom. The van der Waals surface area contributed by atoms with E-state index in [1.165, 1.54) is 12.8 Å². The molecule has 2 heterocycles. The Labute approximate surface area is 118 Å². The number of nitrogens with two attached hydrogens (primary N) is 1. The Morgan fingerprint density at radius 2 is 2.50 bits per heavy atom. The Hall–Kier alpha value is -1.51. The maximum atomic E-state index is 11.2. The summed E-state index contributed by atoms with van der Waals surface area (Å²) in [5, 5.41) is 7.65. The van der Waals surface area contributed by atoms with E-state index in [1.807, 2.05) is 5.43 Å². The molecule has 20 heavy (non-hydrogen) atoms. The molecule has 0 aliphatic carbocycles. The summed E-state index contributed by atoms with van der Waals surface area (Å²) >= 11 is 0. The van der Waals surface area contributed by atoms with Gasteiger partial charge in [0.1, 0.15) is 0 Å². The number of rotatable bonds is 6. The first-order chi connectivity index (χ1) is 9.69. The molecule has 0 aromatic carbocycles. The molecule has 1 saturated heterocycles. The third kappa shape index (κ3) is 4.26. The van der Waals surface area contributed by atoms with Gasteiger partial charge in [-0.05, 0) is 26.3 Å². The lowest BCUT2D eigenvalue weighted by atomic mass is 10.1. The minimum absolute atomic E-state index is 0.228. The summed E-state index contributed by atoms with van der Waals surface area (Å²) in [5.74, 6) is 4.61. The molecule has 1 unspecified atom stereocenters. The van der Waals surface area contributed by atoms with Gasteiger partial charge >= 0.3 is 0 Å². The van der Waals surface area contributed by atoms with Crippen molar-refractivity contribution < 1.29 is 9.53 Å². The van der Waals surface area contributed by atoms with E-state index in [2.05, 4.69) is 22.3 Å². The Bertz CT molecular complexity index is 429. The maximum Gasteiger partial charge on any atom is 0.287 e. The number of carbonyl (C=O) groups excluding carboxylic acids is 1. The smallest absolute Gasteiger partial charge is 0.287 e. The Morgan fingerprint density at radius 3 is 3.20 bits per heavy atom. The van der Waals surface area contributed by atoms with Crippen LogP contribution in [0.25, 0.3) is 0 Å². The SMILES string of the molecule is CN(CCn1cc(C(=O)NN)nn1)CC1CCCCO1. The van der Waals surface area contributed by atoms with Gasteiger partial charge in [0.25, 0.3) is 5.91 Å². The number of hydrogen-bond donors (Lipinski definition) is 2. The number of aromatic nitrogens is 3. The van der Waals surface area contributed by atoms with Crippen LogP contribution in [0.5, 0.6) is 0 Å². The molecule has 1 aromatic rings. The Kier molecular flexibility index (Phi) is 5.45. The molecule has 0 radical (unpaired) electrons. The fourth-order valence-corrected chi connectivity index (χ4v) is 2.25. The zero-order chi connectivity index (χ0) is 14.4. The number of nitrogen functional groups attached to an aromatic ring is 1. The van der Waals surface area contributed by atoms with Crippen molar-refractivity contribution >= 4 is 5.91 Å². The number of nitrogens with one attached hydrogen (secondary N) is 1. The topological polar surface area (TPSA) is 98.3 Å². The fourth-order valence-electron chi connectivity index (χ4n) is 2.25. The van der Waals surface area contributed by atoms with E-state index < -0.39 is 5.91 Å². The van der Waals surface area contributed by atoms with Gasteiger partial charge in [-0.2, -0.15) is 0 Å². The number of hydrogen-bond acceptors (Lipinski definition) is 6. The average Bonchev–Trinajstić information content (AvgIpc) is 2.94.